The first kappa shape index (κ1) is 9.87. The van der Waals surface area contributed by atoms with Crippen LogP contribution in [0.1, 0.15) is 11.3 Å². The Morgan fingerprint density at radius 2 is 2.07 bits per heavy atom. The van der Waals surface area contributed by atoms with Gasteiger partial charge in [0.15, 0.2) is 5.11 Å². The minimum absolute atomic E-state index is 0.180. The number of nitrogens with zero attached hydrogens (tertiary/aromatic N) is 3. The van der Waals surface area contributed by atoms with E-state index < -0.39 is 0 Å². The second kappa shape index (κ2) is 3.48. The van der Waals surface area contributed by atoms with Crippen LogP contribution < -0.4 is 22.7 Å². The van der Waals surface area contributed by atoms with E-state index in [1.807, 2.05) is 4.90 Å². The normalized spacial score (nSPS) is 13.8. The molecule has 2 rings (SSSR count). The number of nitrogen functional groups attached to an aromatic ring is 2. The number of hydrogen-bond acceptors (Lipinski definition) is 6. The van der Waals surface area contributed by atoms with Crippen molar-refractivity contribution in [2.45, 2.75) is 13.1 Å². The number of thiocarbonyl (C=S) groups is 1. The van der Waals surface area contributed by atoms with Gasteiger partial charge in [-0.15, -0.1) is 0 Å². The van der Waals surface area contributed by atoms with Crippen molar-refractivity contribution in [3.8, 4) is 0 Å². The van der Waals surface area contributed by atoms with Crippen molar-refractivity contribution >= 4 is 29.1 Å². The van der Waals surface area contributed by atoms with Gasteiger partial charge in [-0.3, -0.25) is 0 Å². The van der Waals surface area contributed by atoms with Gasteiger partial charge >= 0.3 is 0 Å². The zero-order chi connectivity index (χ0) is 11.0. The lowest BCUT2D eigenvalue weighted by molar-refractivity contribution is 0.437. The van der Waals surface area contributed by atoms with Crippen LogP contribution >= 0.6 is 12.2 Å². The summed E-state index contributed by atoms with van der Waals surface area (Å²) in [4.78, 5) is 9.82. The average molecular weight is 225 g/mol. The Morgan fingerprint density at radius 1 is 1.33 bits per heavy atom. The van der Waals surface area contributed by atoms with E-state index in [2.05, 4.69) is 15.4 Å². The van der Waals surface area contributed by atoms with Crippen molar-refractivity contribution in [1.29, 1.82) is 0 Å². The molecule has 0 spiro atoms. The average Bonchev–Trinajstić information content (AvgIpc) is 2.60. The molecule has 0 saturated carbocycles. The van der Waals surface area contributed by atoms with E-state index in [0.717, 1.165) is 11.3 Å². The lowest BCUT2D eigenvalue weighted by Crippen LogP contribution is -2.40. The Kier molecular flexibility index (Phi) is 2.29. The van der Waals surface area contributed by atoms with Crippen LogP contribution in [0.2, 0.25) is 0 Å². The highest BCUT2D eigenvalue weighted by molar-refractivity contribution is 7.80. The maximum atomic E-state index is 5.72. The monoisotopic (exact) mass is 225 g/mol. The predicted molar refractivity (Wildman–Crippen MR) is 60.0 cm³/mol. The molecule has 1 aliphatic rings. The molecule has 0 aromatic carbocycles. The van der Waals surface area contributed by atoms with Gasteiger partial charge in [-0.05, 0) is 12.2 Å². The number of rotatable bonds is 0. The number of hydrogen-bond donors (Lipinski definition) is 4. The van der Waals surface area contributed by atoms with E-state index in [0.29, 0.717) is 24.0 Å². The maximum Gasteiger partial charge on any atom is 0.222 e. The van der Waals surface area contributed by atoms with Gasteiger partial charge in [-0.2, -0.15) is 4.98 Å². The lowest BCUT2D eigenvalue weighted by atomic mass is 10.2. The summed E-state index contributed by atoms with van der Waals surface area (Å²) < 4.78 is 0. The molecular weight excluding hydrogens is 214 g/mol. The van der Waals surface area contributed by atoms with Crippen LogP contribution in [0, 0.1) is 0 Å². The van der Waals surface area contributed by atoms with E-state index >= 15 is 0 Å². The predicted octanol–water partition coefficient (Wildman–Crippen LogP) is -1.30. The van der Waals surface area contributed by atoms with Crippen LogP contribution in [0.5, 0.6) is 0 Å². The summed E-state index contributed by atoms with van der Waals surface area (Å²) in [7, 11) is 0. The summed E-state index contributed by atoms with van der Waals surface area (Å²) >= 11 is 5.01. The van der Waals surface area contributed by atoms with Gasteiger partial charge in [0.2, 0.25) is 5.95 Å². The molecule has 7 N–H and O–H groups in total. The van der Waals surface area contributed by atoms with Crippen molar-refractivity contribution in [1.82, 2.24) is 20.3 Å². The molecule has 1 aromatic heterocycles. The van der Waals surface area contributed by atoms with Crippen LogP contribution in [0.25, 0.3) is 0 Å². The van der Waals surface area contributed by atoms with Gasteiger partial charge in [0.05, 0.1) is 18.8 Å². The van der Waals surface area contributed by atoms with Gasteiger partial charge in [0.25, 0.3) is 0 Å². The first-order chi connectivity index (χ1) is 7.11. The summed E-state index contributed by atoms with van der Waals surface area (Å²) in [5.41, 5.74) is 15.3. The van der Waals surface area contributed by atoms with Crippen LogP contribution in [0.3, 0.4) is 0 Å². The van der Waals surface area contributed by atoms with E-state index in [-0.39, 0.29) is 5.95 Å². The maximum absolute atomic E-state index is 5.72. The van der Waals surface area contributed by atoms with Crippen molar-refractivity contribution in [3.63, 3.8) is 0 Å². The largest absolute Gasteiger partial charge is 0.383 e. The fourth-order valence-corrected chi connectivity index (χ4v) is 1.66. The molecule has 1 aromatic rings. The van der Waals surface area contributed by atoms with Gasteiger partial charge in [-0.25, -0.2) is 10.8 Å². The topological polar surface area (TPSA) is 119 Å². The number of aromatic nitrogens is 2. The molecule has 2 heterocycles. The van der Waals surface area contributed by atoms with Crippen molar-refractivity contribution in [2.24, 2.45) is 5.84 Å². The van der Waals surface area contributed by atoms with Crippen molar-refractivity contribution in [2.75, 3.05) is 11.5 Å². The molecule has 0 radical (unpaired) electrons. The summed E-state index contributed by atoms with van der Waals surface area (Å²) in [6, 6.07) is 0. The Labute approximate surface area is 91.6 Å². The number of fused-ring (bicyclic) bond motifs is 1. The van der Waals surface area contributed by atoms with Crippen LogP contribution in [0.15, 0.2) is 0 Å². The van der Waals surface area contributed by atoms with Crippen LogP contribution in [-0.2, 0) is 13.1 Å². The fourth-order valence-electron chi connectivity index (χ4n) is 1.53. The third-order valence-electron chi connectivity index (χ3n) is 2.24. The van der Waals surface area contributed by atoms with Crippen molar-refractivity contribution in [3.05, 3.63) is 11.3 Å². The number of hydrazine groups is 1. The Morgan fingerprint density at radius 3 is 2.73 bits per heavy atom. The molecule has 0 atom stereocenters. The molecular formula is C7H11N7S. The SMILES string of the molecule is NNC(=S)N1Cc2nc(N)nc(N)c2C1. The van der Waals surface area contributed by atoms with E-state index in [1.54, 1.807) is 0 Å². The summed E-state index contributed by atoms with van der Waals surface area (Å²) in [6.07, 6.45) is 0. The summed E-state index contributed by atoms with van der Waals surface area (Å²) in [6.45, 7) is 1.11. The highest BCUT2D eigenvalue weighted by Crippen LogP contribution is 2.25. The van der Waals surface area contributed by atoms with Gasteiger partial charge in [-0.1, -0.05) is 0 Å². The third kappa shape index (κ3) is 1.64. The minimum atomic E-state index is 0.180. The lowest BCUT2D eigenvalue weighted by Gasteiger charge is -2.16. The molecule has 0 amide bonds. The van der Waals surface area contributed by atoms with E-state index in [1.165, 1.54) is 0 Å². The molecule has 80 valence electrons. The van der Waals surface area contributed by atoms with E-state index in [9.17, 15) is 0 Å². The first-order valence-corrected chi connectivity index (χ1v) is 4.69. The number of nitrogens with one attached hydrogen (secondary N) is 1. The minimum Gasteiger partial charge on any atom is -0.383 e. The fraction of sp³-hybridized carbons (Fsp3) is 0.286. The summed E-state index contributed by atoms with van der Waals surface area (Å²) in [5.74, 6) is 5.81. The molecule has 1 aliphatic heterocycles. The number of anilines is 2. The molecule has 0 aliphatic carbocycles. The molecule has 15 heavy (non-hydrogen) atoms. The molecule has 0 fully saturated rings. The highest BCUT2D eigenvalue weighted by atomic mass is 32.1. The van der Waals surface area contributed by atoms with Gasteiger partial charge in [0, 0.05) is 5.56 Å². The van der Waals surface area contributed by atoms with Crippen LogP contribution in [0.4, 0.5) is 11.8 Å². The Hall–Kier alpha value is -1.67. The second-order valence-electron chi connectivity index (χ2n) is 3.20. The Bertz CT molecular complexity index is 418. The molecule has 8 heteroatoms. The third-order valence-corrected chi connectivity index (χ3v) is 2.62. The smallest absolute Gasteiger partial charge is 0.222 e. The molecule has 0 bridgehead atoms. The van der Waals surface area contributed by atoms with Crippen molar-refractivity contribution < 1.29 is 0 Å². The van der Waals surface area contributed by atoms with Crippen LogP contribution in [-0.4, -0.2) is 20.0 Å². The second-order valence-corrected chi connectivity index (χ2v) is 3.58. The standard InChI is InChI=1S/C7H11N7S/c8-5-3-1-14(7(15)13-10)2-4(3)11-6(9)12-5/h1-2,10H2,(H,13,15)(H4,8,9,11,12). The number of nitrogens with two attached hydrogens (primary N) is 3. The molecule has 7 nitrogen and oxygen atoms in total. The molecule has 0 unspecified atom stereocenters. The quantitative estimate of drug-likeness (QED) is 0.244. The van der Waals surface area contributed by atoms with Gasteiger partial charge < -0.3 is 21.8 Å². The first-order valence-electron chi connectivity index (χ1n) is 4.28. The Balaban J connectivity index is 2.31. The highest BCUT2D eigenvalue weighted by Gasteiger charge is 2.25. The zero-order valence-corrected chi connectivity index (χ0v) is 8.71. The zero-order valence-electron chi connectivity index (χ0n) is 7.90. The van der Waals surface area contributed by atoms with Gasteiger partial charge in [0.1, 0.15) is 5.82 Å². The van der Waals surface area contributed by atoms with E-state index in [4.69, 9.17) is 29.5 Å². The summed E-state index contributed by atoms with van der Waals surface area (Å²) in [5, 5.41) is 0.450. The molecule has 0 saturated heterocycles.